The van der Waals surface area contributed by atoms with Gasteiger partial charge in [-0.25, -0.2) is 4.79 Å². The molecule has 196 valence electrons. The molecule has 2 aliphatic rings. The standard InChI is InChI=1S/C30H27N5O4/c1-30(2,22-8-6-19(7-9-22)20-5-3-4-18(14-20)16-31)34-29(39)32-23-10-11-24-21(15-23)17-35(28(24)38)25-12-13-26(36)33-27(25)37/h3-11,14-15,25H,12-13,17H2,1-2H3,(H2,32,34,39)(H,33,36,37). The maximum Gasteiger partial charge on any atom is 0.319 e. The fourth-order valence-corrected chi connectivity index (χ4v) is 5.02. The van der Waals surface area contributed by atoms with Crippen molar-refractivity contribution in [1.29, 1.82) is 5.26 Å². The Morgan fingerprint density at radius 2 is 1.79 bits per heavy atom. The number of hydrogen-bond donors (Lipinski definition) is 3. The molecule has 3 N–H and O–H groups in total. The summed E-state index contributed by atoms with van der Waals surface area (Å²) in [7, 11) is 0. The van der Waals surface area contributed by atoms with Gasteiger partial charge in [0.25, 0.3) is 5.91 Å². The zero-order chi connectivity index (χ0) is 27.7. The van der Waals surface area contributed by atoms with Crippen LogP contribution in [0, 0.1) is 11.3 Å². The first kappa shape index (κ1) is 25.7. The summed E-state index contributed by atoms with van der Waals surface area (Å²) in [5.41, 5.74) is 4.42. The number of amides is 5. The molecule has 1 unspecified atom stereocenters. The number of fused-ring (bicyclic) bond motifs is 1. The van der Waals surface area contributed by atoms with Gasteiger partial charge in [-0.15, -0.1) is 0 Å². The maximum atomic E-state index is 12.9. The quantitative estimate of drug-likeness (QED) is 0.436. The second kappa shape index (κ2) is 10.1. The highest BCUT2D eigenvalue weighted by Gasteiger charge is 2.39. The van der Waals surface area contributed by atoms with Gasteiger partial charge in [0.15, 0.2) is 0 Å². The van der Waals surface area contributed by atoms with Gasteiger partial charge in [0.05, 0.1) is 17.2 Å². The van der Waals surface area contributed by atoms with Crippen molar-refractivity contribution in [3.63, 3.8) is 0 Å². The molecule has 2 aliphatic heterocycles. The van der Waals surface area contributed by atoms with Crippen LogP contribution in [0.1, 0.15) is 53.7 Å². The van der Waals surface area contributed by atoms with Crippen molar-refractivity contribution in [2.45, 2.75) is 44.8 Å². The van der Waals surface area contributed by atoms with E-state index in [9.17, 15) is 19.2 Å². The third-order valence-electron chi connectivity index (χ3n) is 7.14. The lowest BCUT2D eigenvalue weighted by Crippen LogP contribution is -2.52. The summed E-state index contributed by atoms with van der Waals surface area (Å²) >= 11 is 0. The Morgan fingerprint density at radius 1 is 1.03 bits per heavy atom. The number of carbonyl (C=O) groups excluding carboxylic acids is 4. The largest absolute Gasteiger partial charge is 0.329 e. The van der Waals surface area contributed by atoms with E-state index in [0.29, 0.717) is 28.8 Å². The molecular weight excluding hydrogens is 494 g/mol. The summed E-state index contributed by atoms with van der Waals surface area (Å²) < 4.78 is 0. The third kappa shape index (κ3) is 5.22. The SMILES string of the molecule is CC(C)(NC(=O)Nc1ccc2c(c1)CN(C1CCC(=O)NC1=O)C2=O)c1ccc(-c2cccc(C#N)c2)cc1. The molecule has 1 atom stereocenters. The molecule has 2 heterocycles. The summed E-state index contributed by atoms with van der Waals surface area (Å²) in [5, 5.41) is 17.3. The molecule has 9 nitrogen and oxygen atoms in total. The van der Waals surface area contributed by atoms with Crippen LogP contribution in [-0.4, -0.2) is 34.7 Å². The second-order valence-electron chi connectivity index (χ2n) is 10.2. The Kier molecular flexibility index (Phi) is 6.62. The zero-order valence-corrected chi connectivity index (χ0v) is 21.6. The van der Waals surface area contributed by atoms with Crippen LogP contribution in [0.15, 0.2) is 66.7 Å². The third-order valence-corrected chi connectivity index (χ3v) is 7.14. The summed E-state index contributed by atoms with van der Waals surface area (Å²) in [6.45, 7) is 4.03. The van der Waals surface area contributed by atoms with E-state index in [1.807, 2.05) is 56.3 Å². The topological polar surface area (TPSA) is 131 Å². The Balaban J connectivity index is 1.24. The van der Waals surface area contributed by atoms with E-state index in [1.54, 1.807) is 24.3 Å². The van der Waals surface area contributed by atoms with E-state index in [2.05, 4.69) is 22.0 Å². The minimum Gasteiger partial charge on any atom is -0.329 e. The summed E-state index contributed by atoms with van der Waals surface area (Å²) in [6.07, 6.45) is 0.483. The van der Waals surface area contributed by atoms with Crippen molar-refractivity contribution in [2.24, 2.45) is 0 Å². The number of rotatable bonds is 5. The molecule has 3 aromatic carbocycles. The highest BCUT2D eigenvalue weighted by molar-refractivity contribution is 6.05. The highest BCUT2D eigenvalue weighted by Crippen LogP contribution is 2.30. The predicted octanol–water partition coefficient (Wildman–Crippen LogP) is 4.04. The molecule has 1 saturated heterocycles. The molecule has 1 fully saturated rings. The lowest BCUT2D eigenvalue weighted by molar-refractivity contribution is -0.136. The molecular formula is C30H27N5O4. The lowest BCUT2D eigenvalue weighted by Gasteiger charge is -2.29. The first-order valence-electron chi connectivity index (χ1n) is 12.6. The Hall–Kier alpha value is -4.97. The van der Waals surface area contributed by atoms with Crippen molar-refractivity contribution in [1.82, 2.24) is 15.5 Å². The molecule has 0 aromatic heterocycles. The fraction of sp³-hybridized carbons (Fsp3) is 0.233. The van der Waals surface area contributed by atoms with Crippen LogP contribution in [0.25, 0.3) is 11.1 Å². The van der Waals surface area contributed by atoms with Crippen molar-refractivity contribution >= 4 is 29.4 Å². The van der Waals surface area contributed by atoms with Gasteiger partial charge in [-0.1, -0.05) is 36.4 Å². The number of nitrogens with one attached hydrogen (secondary N) is 3. The Labute approximate surface area is 225 Å². The molecule has 0 radical (unpaired) electrons. The van der Waals surface area contributed by atoms with Crippen LogP contribution in [0.4, 0.5) is 10.5 Å². The average molecular weight is 522 g/mol. The van der Waals surface area contributed by atoms with Gasteiger partial charge in [-0.3, -0.25) is 19.7 Å². The molecule has 5 rings (SSSR count). The van der Waals surface area contributed by atoms with Gasteiger partial charge < -0.3 is 15.5 Å². The van der Waals surface area contributed by atoms with Gasteiger partial charge in [-0.05, 0) is 72.9 Å². The van der Waals surface area contributed by atoms with Crippen LogP contribution in [0.3, 0.4) is 0 Å². The zero-order valence-electron chi connectivity index (χ0n) is 21.6. The van der Waals surface area contributed by atoms with E-state index in [1.165, 1.54) is 4.90 Å². The number of nitrogens with zero attached hydrogens (tertiary/aromatic N) is 2. The van der Waals surface area contributed by atoms with Crippen LogP contribution < -0.4 is 16.0 Å². The first-order valence-corrected chi connectivity index (χ1v) is 12.6. The van der Waals surface area contributed by atoms with Crippen molar-refractivity contribution in [3.05, 3.63) is 89.0 Å². The number of hydrogen-bond acceptors (Lipinski definition) is 5. The maximum absolute atomic E-state index is 12.9. The minimum atomic E-state index is -0.690. The second-order valence-corrected chi connectivity index (χ2v) is 10.2. The van der Waals surface area contributed by atoms with E-state index < -0.39 is 23.5 Å². The van der Waals surface area contributed by atoms with Gasteiger partial charge in [0.1, 0.15) is 6.04 Å². The Bertz CT molecular complexity index is 1540. The van der Waals surface area contributed by atoms with Gasteiger partial charge in [-0.2, -0.15) is 5.26 Å². The summed E-state index contributed by atoms with van der Waals surface area (Å²) in [4.78, 5) is 51.0. The molecule has 9 heteroatoms. The molecule has 5 amide bonds. The van der Waals surface area contributed by atoms with Crippen molar-refractivity contribution in [2.75, 3.05) is 5.32 Å². The van der Waals surface area contributed by atoms with E-state index in [4.69, 9.17) is 5.26 Å². The molecule has 0 bridgehead atoms. The normalized spacial score (nSPS) is 16.8. The molecule has 0 aliphatic carbocycles. The monoisotopic (exact) mass is 521 g/mol. The van der Waals surface area contributed by atoms with E-state index in [-0.39, 0.29) is 24.8 Å². The fourth-order valence-electron chi connectivity index (χ4n) is 5.02. The number of urea groups is 1. The average Bonchev–Trinajstić information content (AvgIpc) is 3.23. The molecule has 39 heavy (non-hydrogen) atoms. The number of nitriles is 1. The number of anilines is 1. The van der Waals surface area contributed by atoms with Gasteiger partial charge in [0, 0.05) is 24.2 Å². The lowest BCUT2D eigenvalue weighted by atomic mass is 9.92. The smallest absolute Gasteiger partial charge is 0.319 e. The number of benzene rings is 3. The number of carbonyl (C=O) groups is 4. The van der Waals surface area contributed by atoms with Crippen molar-refractivity contribution < 1.29 is 19.2 Å². The summed E-state index contributed by atoms with van der Waals surface area (Å²) in [5.74, 6) is -1.06. The van der Waals surface area contributed by atoms with E-state index >= 15 is 0 Å². The van der Waals surface area contributed by atoms with Crippen LogP contribution >= 0.6 is 0 Å². The van der Waals surface area contributed by atoms with Crippen LogP contribution in [0.2, 0.25) is 0 Å². The van der Waals surface area contributed by atoms with Gasteiger partial charge in [0.2, 0.25) is 11.8 Å². The number of piperidine rings is 1. The highest BCUT2D eigenvalue weighted by atomic mass is 16.2. The van der Waals surface area contributed by atoms with Crippen LogP contribution in [-0.2, 0) is 21.7 Å². The predicted molar refractivity (Wildman–Crippen MR) is 144 cm³/mol. The molecule has 3 aromatic rings. The Morgan fingerprint density at radius 3 is 2.51 bits per heavy atom. The van der Waals surface area contributed by atoms with Crippen molar-refractivity contribution in [3.8, 4) is 17.2 Å². The summed E-state index contributed by atoms with van der Waals surface area (Å²) in [6, 6.07) is 21.3. The van der Waals surface area contributed by atoms with E-state index in [0.717, 1.165) is 16.7 Å². The van der Waals surface area contributed by atoms with Gasteiger partial charge >= 0.3 is 6.03 Å². The number of imide groups is 1. The first-order chi connectivity index (χ1) is 18.6. The molecule has 0 spiro atoms. The molecule has 0 saturated carbocycles. The van der Waals surface area contributed by atoms with Crippen LogP contribution in [0.5, 0.6) is 0 Å². The minimum absolute atomic E-state index is 0.191.